The van der Waals surface area contributed by atoms with Gasteiger partial charge >= 0.3 is 0 Å². The van der Waals surface area contributed by atoms with Crippen molar-refractivity contribution in [2.75, 3.05) is 0 Å². The third-order valence-corrected chi connectivity index (χ3v) is 3.82. The summed E-state index contributed by atoms with van der Waals surface area (Å²) in [4.78, 5) is 4.24. The Balaban J connectivity index is 2.40. The molecule has 0 radical (unpaired) electrons. The minimum atomic E-state index is -0.587. The number of aromatic nitrogens is 1. The molecule has 0 spiro atoms. The average Bonchev–Trinajstić information content (AvgIpc) is 2.47. The van der Waals surface area contributed by atoms with Crippen molar-refractivity contribution in [3.05, 3.63) is 63.5 Å². The number of fused-ring (bicyclic) bond motifs is 1. The van der Waals surface area contributed by atoms with E-state index in [1.165, 1.54) is 6.07 Å². The summed E-state index contributed by atoms with van der Waals surface area (Å²) >= 11 is 9.43. The van der Waals surface area contributed by atoms with Crippen LogP contribution in [0, 0.1) is 17.1 Å². The van der Waals surface area contributed by atoms with Gasteiger partial charge in [-0.05, 0) is 35.7 Å². The molecule has 1 aromatic heterocycles. The van der Waals surface area contributed by atoms with Gasteiger partial charge in [-0.1, -0.05) is 39.7 Å². The zero-order valence-electron chi connectivity index (χ0n) is 10.6. The van der Waals surface area contributed by atoms with E-state index in [1.807, 2.05) is 24.3 Å². The summed E-state index contributed by atoms with van der Waals surface area (Å²) in [5.41, 5.74) is 0.672. The molecular weight excluding hydrogens is 355 g/mol. The Morgan fingerprint density at radius 3 is 2.76 bits per heavy atom. The number of nitrogens with zero attached hydrogens (tertiary/aromatic N) is 2. The largest absolute Gasteiger partial charge is 0.235 e. The minimum Gasteiger partial charge on any atom is -0.235 e. The van der Waals surface area contributed by atoms with E-state index in [4.69, 9.17) is 16.9 Å². The van der Waals surface area contributed by atoms with Crippen LogP contribution >= 0.6 is 27.5 Å². The number of halogens is 3. The van der Waals surface area contributed by atoms with E-state index in [-0.39, 0.29) is 16.3 Å². The minimum absolute atomic E-state index is 0.0163. The molecule has 0 aliphatic rings. The summed E-state index contributed by atoms with van der Waals surface area (Å²) in [6.07, 6.45) is 0. The molecule has 0 bridgehead atoms. The van der Waals surface area contributed by atoms with E-state index in [1.54, 1.807) is 18.2 Å². The van der Waals surface area contributed by atoms with Gasteiger partial charge in [0, 0.05) is 15.4 Å². The highest BCUT2D eigenvalue weighted by Crippen LogP contribution is 2.33. The SMILES string of the molecule is N#Cc1cccc(-c2nc(Cl)cc3ccc(Br)cc23)c1F. The van der Waals surface area contributed by atoms with E-state index < -0.39 is 5.82 Å². The molecule has 3 rings (SSSR count). The highest BCUT2D eigenvalue weighted by atomic mass is 79.9. The van der Waals surface area contributed by atoms with Crippen molar-refractivity contribution in [2.24, 2.45) is 0 Å². The molecule has 0 saturated carbocycles. The molecule has 2 nitrogen and oxygen atoms in total. The van der Waals surface area contributed by atoms with Gasteiger partial charge < -0.3 is 0 Å². The number of benzene rings is 2. The molecule has 21 heavy (non-hydrogen) atoms. The molecular formula is C16H7BrClFN2. The summed E-state index contributed by atoms with van der Waals surface area (Å²) in [5.74, 6) is -0.587. The zero-order chi connectivity index (χ0) is 15.0. The summed E-state index contributed by atoms with van der Waals surface area (Å²) in [7, 11) is 0. The fourth-order valence-corrected chi connectivity index (χ4v) is 2.76. The van der Waals surface area contributed by atoms with Gasteiger partial charge in [0.25, 0.3) is 0 Å². The maximum absolute atomic E-state index is 14.4. The van der Waals surface area contributed by atoms with Gasteiger partial charge in [-0.3, -0.25) is 0 Å². The summed E-state index contributed by atoms with van der Waals surface area (Å²) in [5, 5.41) is 10.9. The molecule has 0 aliphatic heterocycles. The Hall–Kier alpha value is -1.96. The van der Waals surface area contributed by atoms with Gasteiger partial charge in [0.1, 0.15) is 17.0 Å². The number of hydrogen-bond donors (Lipinski definition) is 0. The second kappa shape index (κ2) is 5.44. The molecule has 0 fully saturated rings. The topological polar surface area (TPSA) is 36.7 Å². The van der Waals surface area contributed by atoms with Crippen molar-refractivity contribution in [1.29, 1.82) is 5.26 Å². The van der Waals surface area contributed by atoms with Crippen LogP contribution in [-0.2, 0) is 0 Å². The smallest absolute Gasteiger partial charge is 0.150 e. The number of hydrogen-bond acceptors (Lipinski definition) is 2. The predicted molar refractivity (Wildman–Crippen MR) is 84.6 cm³/mol. The Morgan fingerprint density at radius 2 is 2.00 bits per heavy atom. The van der Waals surface area contributed by atoms with Crippen LogP contribution in [0.2, 0.25) is 5.15 Å². The molecule has 0 amide bonds. The monoisotopic (exact) mass is 360 g/mol. The van der Waals surface area contributed by atoms with E-state index in [9.17, 15) is 4.39 Å². The Kier molecular flexibility index (Phi) is 3.62. The fraction of sp³-hybridized carbons (Fsp3) is 0. The quantitative estimate of drug-likeness (QED) is 0.549. The fourth-order valence-electron chi connectivity index (χ4n) is 2.19. The van der Waals surface area contributed by atoms with Crippen LogP contribution in [0.5, 0.6) is 0 Å². The first-order valence-electron chi connectivity index (χ1n) is 6.05. The molecule has 5 heteroatoms. The lowest BCUT2D eigenvalue weighted by Crippen LogP contribution is -1.93. The molecule has 102 valence electrons. The summed E-state index contributed by atoms with van der Waals surface area (Å²) in [6.45, 7) is 0. The van der Waals surface area contributed by atoms with E-state index in [0.717, 1.165) is 15.2 Å². The highest BCUT2D eigenvalue weighted by Gasteiger charge is 2.15. The molecule has 1 heterocycles. The third-order valence-electron chi connectivity index (χ3n) is 3.14. The summed E-state index contributed by atoms with van der Waals surface area (Å²) in [6, 6.07) is 13.8. The van der Waals surface area contributed by atoms with Crippen LogP contribution in [0.3, 0.4) is 0 Å². The van der Waals surface area contributed by atoms with E-state index in [2.05, 4.69) is 20.9 Å². The van der Waals surface area contributed by atoms with Gasteiger partial charge in [-0.15, -0.1) is 0 Å². The van der Waals surface area contributed by atoms with Crippen molar-refractivity contribution in [2.45, 2.75) is 0 Å². The van der Waals surface area contributed by atoms with Gasteiger partial charge in [0.2, 0.25) is 0 Å². The molecule has 2 aromatic carbocycles. The van der Waals surface area contributed by atoms with Crippen LogP contribution in [0.15, 0.2) is 46.9 Å². The number of pyridine rings is 1. The first kappa shape index (κ1) is 14.0. The van der Waals surface area contributed by atoms with Crippen LogP contribution in [0.1, 0.15) is 5.56 Å². The molecule has 0 aliphatic carbocycles. The average molecular weight is 362 g/mol. The van der Waals surface area contributed by atoms with Crippen molar-refractivity contribution in [1.82, 2.24) is 4.98 Å². The predicted octanol–water partition coefficient (Wildman–Crippen LogP) is 5.33. The van der Waals surface area contributed by atoms with Gasteiger partial charge in [-0.25, -0.2) is 9.37 Å². The normalized spacial score (nSPS) is 10.6. The van der Waals surface area contributed by atoms with Crippen molar-refractivity contribution >= 4 is 38.3 Å². The van der Waals surface area contributed by atoms with Crippen molar-refractivity contribution in [3.63, 3.8) is 0 Å². The second-order valence-electron chi connectivity index (χ2n) is 4.44. The first-order chi connectivity index (χ1) is 10.1. The lowest BCUT2D eigenvalue weighted by Gasteiger charge is -2.09. The Bertz CT molecular complexity index is 903. The molecule has 3 aromatic rings. The van der Waals surface area contributed by atoms with Crippen LogP contribution in [-0.4, -0.2) is 4.98 Å². The highest BCUT2D eigenvalue weighted by molar-refractivity contribution is 9.10. The number of rotatable bonds is 1. The van der Waals surface area contributed by atoms with Gasteiger partial charge in [0.05, 0.1) is 11.3 Å². The van der Waals surface area contributed by atoms with E-state index in [0.29, 0.717) is 5.69 Å². The standard InChI is InChI=1S/C16H7BrClFN2/c17-11-5-4-9-6-14(18)21-16(13(9)7-11)12-3-1-2-10(8-20)15(12)19/h1-7H. The lowest BCUT2D eigenvalue weighted by molar-refractivity contribution is 0.627. The van der Waals surface area contributed by atoms with Crippen LogP contribution in [0.4, 0.5) is 4.39 Å². The van der Waals surface area contributed by atoms with Gasteiger partial charge in [0.15, 0.2) is 0 Å². The van der Waals surface area contributed by atoms with Crippen molar-refractivity contribution in [3.8, 4) is 17.3 Å². The van der Waals surface area contributed by atoms with Crippen LogP contribution in [0.25, 0.3) is 22.0 Å². The number of nitriles is 1. The Morgan fingerprint density at radius 1 is 1.19 bits per heavy atom. The molecule has 0 atom stereocenters. The van der Waals surface area contributed by atoms with Crippen molar-refractivity contribution < 1.29 is 4.39 Å². The second-order valence-corrected chi connectivity index (χ2v) is 5.74. The first-order valence-corrected chi connectivity index (χ1v) is 7.22. The zero-order valence-corrected chi connectivity index (χ0v) is 12.9. The van der Waals surface area contributed by atoms with Crippen LogP contribution < -0.4 is 0 Å². The third kappa shape index (κ3) is 2.51. The van der Waals surface area contributed by atoms with Gasteiger partial charge in [-0.2, -0.15) is 5.26 Å². The molecule has 0 saturated heterocycles. The summed E-state index contributed by atoms with van der Waals surface area (Å²) < 4.78 is 15.3. The molecule has 0 unspecified atom stereocenters. The lowest BCUT2D eigenvalue weighted by atomic mass is 10.0. The Labute approximate surface area is 133 Å². The molecule has 0 N–H and O–H groups in total. The maximum Gasteiger partial charge on any atom is 0.150 e. The van der Waals surface area contributed by atoms with E-state index >= 15 is 0 Å². The maximum atomic E-state index is 14.4.